The smallest absolute Gasteiger partial charge is 0.260 e. The Bertz CT molecular complexity index is 1070. The Morgan fingerprint density at radius 3 is 2.55 bits per heavy atom. The summed E-state index contributed by atoms with van der Waals surface area (Å²) in [7, 11) is 0. The van der Waals surface area contributed by atoms with Crippen LogP contribution in [0.2, 0.25) is 0 Å². The molecule has 5 atom stereocenters. The maximum atomic E-state index is 13.4. The van der Waals surface area contributed by atoms with Gasteiger partial charge in [-0.15, -0.1) is 6.42 Å². The molecular formula is C21H32N5O5PS. The molecule has 5 unspecified atom stereocenters. The Balaban J connectivity index is 2.04. The van der Waals surface area contributed by atoms with Gasteiger partial charge in [-0.3, -0.25) is 9.13 Å². The number of ether oxygens (including phenoxy) is 3. The molecule has 1 saturated heterocycles. The summed E-state index contributed by atoms with van der Waals surface area (Å²) < 4.78 is 39.5. The van der Waals surface area contributed by atoms with Gasteiger partial charge in [-0.25, -0.2) is 15.0 Å². The van der Waals surface area contributed by atoms with Crippen molar-refractivity contribution in [1.82, 2.24) is 19.5 Å². The summed E-state index contributed by atoms with van der Waals surface area (Å²) in [6.45, 7) is 7.97. The van der Waals surface area contributed by atoms with Gasteiger partial charge in [-0.05, 0) is 20.8 Å². The molecule has 1 aliphatic rings. The Morgan fingerprint density at radius 1 is 1.24 bits per heavy atom. The van der Waals surface area contributed by atoms with E-state index in [4.69, 9.17) is 30.9 Å². The molecule has 0 bridgehead atoms. The van der Waals surface area contributed by atoms with E-state index in [0.29, 0.717) is 11.2 Å². The molecule has 2 N–H and O–H groups in total. The van der Waals surface area contributed by atoms with E-state index in [1.54, 1.807) is 31.7 Å². The fourth-order valence-corrected chi connectivity index (χ4v) is 4.46. The van der Waals surface area contributed by atoms with Crippen LogP contribution in [0.25, 0.3) is 11.2 Å². The molecule has 182 valence electrons. The van der Waals surface area contributed by atoms with Crippen molar-refractivity contribution >= 4 is 35.8 Å². The minimum atomic E-state index is -3.40. The summed E-state index contributed by atoms with van der Waals surface area (Å²) >= 11 is 4.40. The normalized spacial score (nSPS) is 25.8. The van der Waals surface area contributed by atoms with Crippen molar-refractivity contribution in [1.29, 1.82) is 0 Å². The highest BCUT2D eigenvalue weighted by molar-refractivity contribution is 8.46. The van der Waals surface area contributed by atoms with Crippen molar-refractivity contribution in [3.63, 3.8) is 0 Å². The summed E-state index contributed by atoms with van der Waals surface area (Å²) in [5.74, 6) is 2.71. The molecule has 3 heterocycles. The van der Waals surface area contributed by atoms with E-state index >= 15 is 0 Å². The molecule has 3 rings (SSSR count). The Hall–Kier alpha value is -1.67. The van der Waals surface area contributed by atoms with Crippen molar-refractivity contribution in [2.75, 3.05) is 18.9 Å². The molecule has 12 heteroatoms. The lowest BCUT2D eigenvalue weighted by Crippen LogP contribution is -2.40. The average molecular weight is 498 g/mol. The van der Waals surface area contributed by atoms with Crippen LogP contribution in [0.4, 0.5) is 5.82 Å². The summed E-state index contributed by atoms with van der Waals surface area (Å²) in [6, 6.07) is 0. The molecule has 1 fully saturated rings. The van der Waals surface area contributed by atoms with E-state index in [0.717, 1.165) is 0 Å². The van der Waals surface area contributed by atoms with Gasteiger partial charge in [0, 0.05) is 5.16 Å². The van der Waals surface area contributed by atoms with E-state index in [1.807, 2.05) is 20.8 Å². The Labute approximate surface area is 199 Å². The van der Waals surface area contributed by atoms with Crippen LogP contribution in [-0.4, -0.2) is 61.8 Å². The van der Waals surface area contributed by atoms with Gasteiger partial charge in [0.2, 0.25) is 0 Å². The number of nitrogens with two attached hydrogens (primary N) is 1. The van der Waals surface area contributed by atoms with Gasteiger partial charge < -0.3 is 24.5 Å². The first-order chi connectivity index (χ1) is 15.2. The largest absolute Gasteiger partial charge is 0.382 e. The van der Waals surface area contributed by atoms with E-state index < -0.39 is 41.9 Å². The fourth-order valence-electron chi connectivity index (χ4n) is 3.23. The van der Waals surface area contributed by atoms with Crippen molar-refractivity contribution in [2.45, 2.75) is 76.8 Å². The Kier molecular flexibility index (Phi) is 7.49. The quantitative estimate of drug-likeness (QED) is 0.336. The third-order valence-electron chi connectivity index (χ3n) is 5.10. The number of fused-ring (bicyclic) bond motifs is 1. The number of hydrogen-bond donors (Lipinski definition) is 2. The topological polar surface area (TPSA) is 124 Å². The predicted octanol–water partition coefficient (Wildman–Crippen LogP) is 3.45. The minimum absolute atomic E-state index is 0.00657. The van der Waals surface area contributed by atoms with Crippen molar-refractivity contribution < 1.29 is 23.3 Å². The SMILES string of the molecule is C#CCOC1C(OP(=O)(S)C(C)(C)C)C(COC(C)(C)C)OC1n1cnc2c(N)ncnc21. The maximum absolute atomic E-state index is 13.4. The number of rotatable bonds is 7. The minimum Gasteiger partial charge on any atom is -0.382 e. The first kappa shape index (κ1) is 25.9. The summed E-state index contributed by atoms with van der Waals surface area (Å²) in [5, 5.41) is -0.719. The van der Waals surface area contributed by atoms with Crippen LogP contribution in [-0.2, 0) is 23.3 Å². The highest BCUT2D eigenvalue weighted by Gasteiger charge is 2.52. The molecule has 0 radical (unpaired) electrons. The molecule has 0 spiro atoms. The zero-order valence-electron chi connectivity index (χ0n) is 19.8. The van der Waals surface area contributed by atoms with Crippen LogP contribution in [0.5, 0.6) is 0 Å². The van der Waals surface area contributed by atoms with Gasteiger partial charge >= 0.3 is 0 Å². The number of nitrogen functional groups attached to an aromatic ring is 1. The molecule has 0 amide bonds. The predicted molar refractivity (Wildman–Crippen MR) is 129 cm³/mol. The second kappa shape index (κ2) is 9.53. The number of nitrogens with zero attached hydrogens (tertiary/aromatic N) is 4. The number of imidazole rings is 1. The number of hydrogen-bond acceptors (Lipinski definition) is 9. The lowest BCUT2D eigenvalue weighted by atomic mass is 10.1. The summed E-state index contributed by atoms with van der Waals surface area (Å²) in [6.07, 6.45) is 5.45. The van der Waals surface area contributed by atoms with E-state index in [-0.39, 0.29) is 19.0 Å². The third kappa shape index (κ3) is 5.70. The molecule has 2 aromatic heterocycles. The van der Waals surface area contributed by atoms with Gasteiger partial charge in [0.05, 0.1) is 18.5 Å². The van der Waals surface area contributed by atoms with Crippen LogP contribution in [0, 0.1) is 12.3 Å². The molecule has 33 heavy (non-hydrogen) atoms. The molecular weight excluding hydrogens is 465 g/mol. The second-order valence-corrected chi connectivity index (χ2v) is 14.0. The van der Waals surface area contributed by atoms with E-state index in [2.05, 4.69) is 33.1 Å². The van der Waals surface area contributed by atoms with Crippen LogP contribution in [0.3, 0.4) is 0 Å². The lowest BCUT2D eigenvalue weighted by Gasteiger charge is -2.33. The molecule has 10 nitrogen and oxygen atoms in total. The molecule has 0 saturated carbocycles. The second-order valence-electron chi connectivity index (χ2n) is 9.81. The molecule has 0 aromatic carbocycles. The fraction of sp³-hybridized carbons (Fsp3) is 0.667. The van der Waals surface area contributed by atoms with Gasteiger partial charge in [0.1, 0.15) is 36.8 Å². The number of thiol groups is 1. The summed E-state index contributed by atoms with van der Waals surface area (Å²) in [5.41, 5.74) is 6.41. The zero-order chi connectivity index (χ0) is 24.6. The van der Waals surface area contributed by atoms with Gasteiger partial charge in [-0.2, -0.15) is 0 Å². The standard InChI is InChI=1S/C21H32N5O5PS/c1-8-9-28-16-15(31-32(27,33)21(5,6)7)13(10-29-20(2,3)4)30-19(16)26-12-25-14-17(22)23-11-24-18(14)26/h1,11-13,15-16,19H,9-10H2,2-7H3,(H,27,33)(H2,22,23,24). The number of aromatic nitrogens is 4. The lowest BCUT2D eigenvalue weighted by molar-refractivity contribution is -0.0985. The maximum Gasteiger partial charge on any atom is 0.260 e. The highest BCUT2D eigenvalue weighted by Crippen LogP contribution is 2.64. The van der Waals surface area contributed by atoms with Crippen LogP contribution in [0.1, 0.15) is 47.8 Å². The molecule has 1 aliphatic heterocycles. The van der Waals surface area contributed by atoms with Crippen molar-refractivity contribution in [2.24, 2.45) is 0 Å². The number of anilines is 1. The van der Waals surface area contributed by atoms with Gasteiger partial charge in [0.15, 0.2) is 17.7 Å². The van der Waals surface area contributed by atoms with Crippen LogP contribution < -0.4 is 5.73 Å². The first-order valence-corrected chi connectivity index (χ1v) is 13.3. The Morgan fingerprint density at radius 2 is 1.94 bits per heavy atom. The van der Waals surface area contributed by atoms with Crippen LogP contribution >= 0.6 is 18.8 Å². The van der Waals surface area contributed by atoms with Crippen molar-refractivity contribution in [3.8, 4) is 12.3 Å². The van der Waals surface area contributed by atoms with Crippen molar-refractivity contribution in [3.05, 3.63) is 12.7 Å². The van der Waals surface area contributed by atoms with Gasteiger partial charge in [-0.1, -0.05) is 38.9 Å². The van der Waals surface area contributed by atoms with E-state index in [1.165, 1.54) is 6.33 Å². The number of terminal acetylenes is 1. The molecule has 2 aromatic rings. The monoisotopic (exact) mass is 497 g/mol. The average Bonchev–Trinajstić information content (AvgIpc) is 3.25. The van der Waals surface area contributed by atoms with Crippen LogP contribution in [0.15, 0.2) is 12.7 Å². The molecule has 0 aliphatic carbocycles. The zero-order valence-corrected chi connectivity index (χ0v) is 21.5. The van der Waals surface area contributed by atoms with Gasteiger partial charge in [0.25, 0.3) is 6.57 Å². The summed E-state index contributed by atoms with van der Waals surface area (Å²) in [4.78, 5) is 12.6. The first-order valence-electron chi connectivity index (χ1n) is 10.5. The van der Waals surface area contributed by atoms with E-state index in [9.17, 15) is 4.57 Å². The third-order valence-corrected chi connectivity index (χ3v) is 9.41. The highest BCUT2D eigenvalue weighted by atomic mass is 32.7.